The van der Waals surface area contributed by atoms with E-state index in [9.17, 15) is 4.79 Å². The summed E-state index contributed by atoms with van der Waals surface area (Å²) in [5.41, 5.74) is 1.71. The molecule has 3 rings (SSSR count). The van der Waals surface area contributed by atoms with Crippen LogP contribution in [0.2, 0.25) is 0 Å². The van der Waals surface area contributed by atoms with Crippen molar-refractivity contribution >= 4 is 11.6 Å². The van der Waals surface area contributed by atoms with Crippen LogP contribution in [-0.4, -0.2) is 26.7 Å². The number of rotatable bonds is 5. The summed E-state index contributed by atoms with van der Waals surface area (Å²) < 4.78 is 16.2. The molecule has 1 amide bonds. The van der Waals surface area contributed by atoms with Crippen LogP contribution in [0.25, 0.3) is 0 Å². The van der Waals surface area contributed by atoms with Crippen molar-refractivity contribution in [1.82, 2.24) is 0 Å². The van der Waals surface area contributed by atoms with Crippen molar-refractivity contribution in [2.45, 2.75) is 18.8 Å². The number of fused-ring (bicyclic) bond motifs is 1. The van der Waals surface area contributed by atoms with Gasteiger partial charge in [-0.05, 0) is 36.1 Å². The van der Waals surface area contributed by atoms with E-state index in [-0.39, 0.29) is 11.8 Å². The lowest BCUT2D eigenvalue weighted by atomic mass is 9.90. The first-order valence-electron chi connectivity index (χ1n) is 7.95. The van der Waals surface area contributed by atoms with Crippen LogP contribution in [0.1, 0.15) is 24.3 Å². The number of carbonyl (C=O) groups excluding carboxylic acids is 1. The number of methoxy groups -OCH3 is 2. The van der Waals surface area contributed by atoms with Crippen molar-refractivity contribution in [3.8, 4) is 17.2 Å². The van der Waals surface area contributed by atoms with E-state index in [0.717, 1.165) is 17.7 Å². The molecule has 5 nitrogen and oxygen atoms in total. The van der Waals surface area contributed by atoms with Crippen LogP contribution in [-0.2, 0) is 4.79 Å². The Balaban J connectivity index is 1.73. The van der Waals surface area contributed by atoms with E-state index in [1.807, 2.05) is 24.3 Å². The second-order valence-electron chi connectivity index (χ2n) is 5.69. The van der Waals surface area contributed by atoms with Gasteiger partial charge in [0.1, 0.15) is 17.2 Å². The third-order valence-electron chi connectivity index (χ3n) is 4.20. The summed E-state index contributed by atoms with van der Waals surface area (Å²) in [6.07, 6.45) is 1.24. The highest BCUT2D eigenvalue weighted by molar-refractivity contribution is 5.93. The predicted octanol–water partition coefficient (Wildman–Crippen LogP) is 3.60. The van der Waals surface area contributed by atoms with Crippen LogP contribution < -0.4 is 19.5 Å². The molecule has 5 heteroatoms. The van der Waals surface area contributed by atoms with Gasteiger partial charge in [-0.15, -0.1) is 0 Å². The molecule has 0 radical (unpaired) electrons. The summed E-state index contributed by atoms with van der Waals surface area (Å²) in [7, 11) is 3.17. The van der Waals surface area contributed by atoms with Crippen LogP contribution in [0.4, 0.5) is 5.69 Å². The van der Waals surface area contributed by atoms with Gasteiger partial charge in [0, 0.05) is 12.5 Å². The first-order valence-corrected chi connectivity index (χ1v) is 7.95. The molecular weight excluding hydrogens is 306 g/mol. The number of nitrogens with one attached hydrogen (secondary N) is 1. The summed E-state index contributed by atoms with van der Waals surface area (Å²) in [6, 6.07) is 13.2. The fraction of sp³-hybridized carbons (Fsp3) is 0.316. The van der Waals surface area contributed by atoms with E-state index < -0.39 is 0 Å². The van der Waals surface area contributed by atoms with E-state index in [1.165, 1.54) is 0 Å². The first-order chi connectivity index (χ1) is 11.7. The van der Waals surface area contributed by atoms with Crippen molar-refractivity contribution in [3.63, 3.8) is 0 Å². The van der Waals surface area contributed by atoms with E-state index in [2.05, 4.69) is 5.32 Å². The van der Waals surface area contributed by atoms with Gasteiger partial charge in [0.05, 0.1) is 26.5 Å². The van der Waals surface area contributed by atoms with Gasteiger partial charge >= 0.3 is 0 Å². The Labute approximate surface area is 141 Å². The maximum Gasteiger partial charge on any atom is 0.225 e. The summed E-state index contributed by atoms with van der Waals surface area (Å²) in [5.74, 6) is 2.26. The van der Waals surface area contributed by atoms with E-state index >= 15 is 0 Å². The maximum absolute atomic E-state index is 12.5. The summed E-state index contributed by atoms with van der Waals surface area (Å²) in [4.78, 5) is 12.5. The normalized spacial score (nSPS) is 15.8. The summed E-state index contributed by atoms with van der Waals surface area (Å²) in [6.45, 7) is 0.636. The SMILES string of the molecule is COc1ccc(OC)c(NC(=O)CC2CCOc3ccccc32)c1. The van der Waals surface area contributed by atoms with Gasteiger partial charge in [0.25, 0.3) is 0 Å². The van der Waals surface area contributed by atoms with Crippen molar-refractivity contribution in [2.24, 2.45) is 0 Å². The minimum atomic E-state index is -0.0525. The molecule has 0 spiro atoms. The predicted molar refractivity (Wildman–Crippen MR) is 92.1 cm³/mol. The molecule has 0 fully saturated rings. The van der Waals surface area contributed by atoms with Gasteiger partial charge in [-0.25, -0.2) is 0 Å². The number of hydrogen-bond acceptors (Lipinski definition) is 4. The Morgan fingerprint density at radius 3 is 2.83 bits per heavy atom. The Bertz CT molecular complexity index is 729. The van der Waals surface area contributed by atoms with Crippen LogP contribution in [0.15, 0.2) is 42.5 Å². The lowest BCUT2D eigenvalue weighted by molar-refractivity contribution is -0.116. The molecule has 24 heavy (non-hydrogen) atoms. The monoisotopic (exact) mass is 327 g/mol. The number of ether oxygens (including phenoxy) is 3. The topological polar surface area (TPSA) is 56.8 Å². The lowest BCUT2D eigenvalue weighted by Crippen LogP contribution is -2.21. The highest BCUT2D eigenvalue weighted by Crippen LogP contribution is 2.36. The average Bonchev–Trinajstić information content (AvgIpc) is 2.62. The molecule has 1 aliphatic rings. The molecule has 1 heterocycles. The number of anilines is 1. The molecule has 0 aliphatic carbocycles. The quantitative estimate of drug-likeness (QED) is 0.911. The molecule has 0 saturated carbocycles. The smallest absolute Gasteiger partial charge is 0.225 e. The Morgan fingerprint density at radius 2 is 2.04 bits per heavy atom. The van der Waals surface area contributed by atoms with Crippen LogP contribution in [0, 0.1) is 0 Å². The van der Waals surface area contributed by atoms with Crippen molar-refractivity contribution in [2.75, 3.05) is 26.1 Å². The zero-order chi connectivity index (χ0) is 16.9. The molecular formula is C19H21NO4. The van der Waals surface area contributed by atoms with Crippen molar-refractivity contribution < 1.29 is 19.0 Å². The van der Waals surface area contributed by atoms with E-state index in [4.69, 9.17) is 14.2 Å². The zero-order valence-corrected chi connectivity index (χ0v) is 13.9. The fourth-order valence-corrected chi connectivity index (χ4v) is 2.96. The van der Waals surface area contributed by atoms with Gasteiger partial charge in [0.2, 0.25) is 5.91 Å². The maximum atomic E-state index is 12.5. The molecule has 0 saturated heterocycles. The third-order valence-corrected chi connectivity index (χ3v) is 4.20. The van der Waals surface area contributed by atoms with Gasteiger partial charge in [0.15, 0.2) is 0 Å². The minimum Gasteiger partial charge on any atom is -0.497 e. The molecule has 2 aromatic rings. The number of amides is 1. The molecule has 2 aromatic carbocycles. The Hall–Kier alpha value is -2.69. The highest BCUT2D eigenvalue weighted by atomic mass is 16.5. The summed E-state index contributed by atoms with van der Waals surface area (Å²) >= 11 is 0. The lowest BCUT2D eigenvalue weighted by Gasteiger charge is -2.25. The molecule has 1 unspecified atom stereocenters. The number of carbonyl (C=O) groups is 1. The molecule has 1 aliphatic heterocycles. The zero-order valence-electron chi connectivity index (χ0n) is 13.9. The fourth-order valence-electron chi connectivity index (χ4n) is 2.96. The molecule has 0 aromatic heterocycles. The standard InChI is InChI=1S/C19H21NO4/c1-22-14-7-8-18(23-2)16(12-14)20-19(21)11-13-9-10-24-17-6-4-3-5-15(13)17/h3-8,12-13H,9-11H2,1-2H3,(H,20,21). The van der Waals surface area contributed by atoms with Gasteiger partial charge in [-0.3, -0.25) is 4.79 Å². The van der Waals surface area contributed by atoms with Crippen molar-refractivity contribution in [1.29, 1.82) is 0 Å². The van der Waals surface area contributed by atoms with Crippen LogP contribution >= 0.6 is 0 Å². The first kappa shape index (κ1) is 16.2. The highest BCUT2D eigenvalue weighted by Gasteiger charge is 2.24. The molecule has 0 bridgehead atoms. The largest absolute Gasteiger partial charge is 0.497 e. The average molecular weight is 327 g/mol. The van der Waals surface area contributed by atoms with Crippen molar-refractivity contribution in [3.05, 3.63) is 48.0 Å². The second kappa shape index (κ2) is 7.25. The molecule has 1 N–H and O–H groups in total. The van der Waals surface area contributed by atoms with Gasteiger partial charge in [-0.2, -0.15) is 0 Å². The van der Waals surface area contributed by atoms with Gasteiger partial charge in [-0.1, -0.05) is 18.2 Å². The van der Waals surface area contributed by atoms with E-state index in [0.29, 0.717) is 30.2 Å². The van der Waals surface area contributed by atoms with Gasteiger partial charge < -0.3 is 19.5 Å². The summed E-state index contributed by atoms with van der Waals surface area (Å²) in [5, 5.41) is 2.93. The second-order valence-corrected chi connectivity index (χ2v) is 5.69. The molecule has 1 atom stereocenters. The van der Waals surface area contributed by atoms with E-state index in [1.54, 1.807) is 32.4 Å². The number of para-hydroxylation sites is 1. The van der Waals surface area contributed by atoms with Crippen LogP contribution in [0.3, 0.4) is 0 Å². The van der Waals surface area contributed by atoms with Crippen LogP contribution in [0.5, 0.6) is 17.2 Å². The minimum absolute atomic E-state index is 0.0525. The number of benzene rings is 2. The number of hydrogen-bond donors (Lipinski definition) is 1. The molecule has 126 valence electrons. The Morgan fingerprint density at radius 1 is 1.21 bits per heavy atom. The Kier molecular flexibility index (Phi) is 4.89. The third kappa shape index (κ3) is 3.45.